The number of nitro groups is 1. The number of benzene rings is 3. The molecule has 0 aliphatic heterocycles. The first-order valence-electron chi connectivity index (χ1n) is 10.4. The standard InChI is InChI=1S/C26H18N4O4S/c1-17-8-5-6-13-22(17)28-24(31)21(16-27)26-29(19-10-3-2-4-11-19)25(32)23(35-26)15-18-9-7-12-20(14-18)30(33)34/h2-15H,1H3,(H,28,31)/b23-15+,26-21+. The molecule has 3 aromatic carbocycles. The van der Waals surface area contributed by atoms with Crippen LogP contribution in [0.3, 0.4) is 0 Å². The monoisotopic (exact) mass is 482 g/mol. The molecule has 4 aromatic rings. The van der Waals surface area contributed by atoms with Gasteiger partial charge in [0, 0.05) is 17.8 Å². The molecule has 0 radical (unpaired) electrons. The SMILES string of the molecule is Cc1ccccc1NC(=O)/C(C#N)=c1/s/c(=C/c2cccc([N+](=O)[O-])c2)c(=O)n1-c1ccccc1. The number of rotatable bonds is 5. The van der Waals surface area contributed by atoms with Gasteiger partial charge in [-0.2, -0.15) is 5.26 Å². The lowest BCUT2D eigenvalue weighted by atomic mass is 10.2. The van der Waals surface area contributed by atoms with Crippen LogP contribution in [0.25, 0.3) is 17.3 Å². The highest BCUT2D eigenvalue weighted by atomic mass is 32.1. The molecule has 0 saturated heterocycles. The second kappa shape index (κ2) is 9.99. The third kappa shape index (κ3) is 4.93. The van der Waals surface area contributed by atoms with Crippen LogP contribution in [0.1, 0.15) is 11.1 Å². The van der Waals surface area contributed by atoms with Gasteiger partial charge in [0.15, 0.2) is 5.57 Å². The summed E-state index contributed by atoms with van der Waals surface area (Å²) >= 11 is 0.971. The Bertz CT molecular complexity index is 1660. The van der Waals surface area contributed by atoms with Crippen molar-refractivity contribution in [2.75, 3.05) is 5.32 Å². The molecule has 1 N–H and O–H groups in total. The van der Waals surface area contributed by atoms with Crippen LogP contribution in [0.2, 0.25) is 0 Å². The molecule has 8 nitrogen and oxygen atoms in total. The highest BCUT2D eigenvalue weighted by molar-refractivity contribution is 7.07. The second-order valence-electron chi connectivity index (χ2n) is 7.50. The molecule has 0 aliphatic carbocycles. The molecule has 0 bridgehead atoms. The molecule has 0 unspecified atom stereocenters. The average molecular weight is 483 g/mol. The van der Waals surface area contributed by atoms with Crippen LogP contribution in [0.4, 0.5) is 11.4 Å². The molecule has 0 atom stereocenters. The maximum Gasteiger partial charge on any atom is 0.273 e. The summed E-state index contributed by atoms with van der Waals surface area (Å²) in [4.78, 5) is 37.2. The number of aryl methyl sites for hydroxylation is 1. The van der Waals surface area contributed by atoms with Gasteiger partial charge in [0.05, 0.1) is 15.1 Å². The molecule has 9 heteroatoms. The number of thiazole rings is 1. The molecule has 172 valence electrons. The highest BCUT2D eigenvalue weighted by Gasteiger charge is 2.18. The van der Waals surface area contributed by atoms with E-state index in [2.05, 4.69) is 5.32 Å². The summed E-state index contributed by atoms with van der Waals surface area (Å²) < 4.78 is 1.69. The number of para-hydroxylation sites is 2. The first-order chi connectivity index (χ1) is 16.9. The summed E-state index contributed by atoms with van der Waals surface area (Å²) in [7, 11) is 0. The maximum atomic E-state index is 13.4. The third-order valence-corrected chi connectivity index (χ3v) is 6.26. The molecule has 0 saturated carbocycles. The number of amides is 1. The Hall–Kier alpha value is -4.81. The summed E-state index contributed by atoms with van der Waals surface area (Å²) in [5, 5.41) is 23.8. The Morgan fingerprint density at radius 3 is 2.49 bits per heavy atom. The van der Waals surface area contributed by atoms with Crippen molar-refractivity contribution in [2.24, 2.45) is 0 Å². The Morgan fingerprint density at radius 1 is 1.09 bits per heavy atom. The lowest BCUT2D eigenvalue weighted by molar-refractivity contribution is -0.384. The van der Waals surface area contributed by atoms with Crippen molar-refractivity contribution >= 4 is 40.3 Å². The van der Waals surface area contributed by atoms with Gasteiger partial charge in [-0.1, -0.05) is 48.5 Å². The number of nitro benzene ring substituents is 1. The Labute approximate surface area is 203 Å². The van der Waals surface area contributed by atoms with E-state index in [0.29, 0.717) is 16.9 Å². The molecule has 0 fully saturated rings. The van der Waals surface area contributed by atoms with Crippen LogP contribution in [0.5, 0.6) is 0 Å². The molecule has 1 aromatic heterocycles. The number of anilines is 1. The van der Waals surface area contributed by atoms with Gasteiger partial charge in [0.25, 0.3) is 17.2 Å². The number of carbonyl (C=O) groups excluding carboxylic acids is 1. The zero-order valence-electron chi connectivity index (χ0n) is 18.5. The fraction of sp³-hybridized carbons (Fsp3) is 0.0385. The summed E-state index contributed by atoms with van der Waals surface area (Å²) in [6.07, 6.45) is 1.51. The van der Waals surface area contributed by atoms with E-state index in [9.17, 15) is 25.0 Å². The molecule has 4 rings (SSSR count). The van der Waals surface area contributed by atoms with Crippen LogP contribution in [0, 0.1) is 28.4 Å². The van der Waals surface area contributed by atoms with Gasteiger partial charge >= 0.3 is 0 Å². The predicted molar refractivity (Wildman–Crippen MR) is 135 cm³/mol. The van der Waals surface area contributed by atoms with E-state index in [1.165, 1.54) is 28.8 Å². The van der Waals surface area contributed by atoms with Crippen LogP contribution in [0.15, 0.2) is 83.7 Å². The van der Waals surface area contributed by atoms with Crippen LogP contribution in [-0.4, -0.2) is 15.4 Å². The Morgan fingerprint density at radius 2 is 1.80 bits per heavy atom. The number of nitrogens with one attached hydrogen (secondary N) is 1. The molecule has 1 amide bonds. The number of nitriles is 1. The van der Waals surface area contributed by atoms with Crippen molar-refractivity contribution in [1.82, 2.24) is 4.57 Å². The number of nitrogens with zero attached hydrogens (tertiary/aromatic N) is 3. The van der Waals surface area contributed by atoms with E-state index in [1.807, 2.05) is 25.1 Å². The number of non-ortho nitro benzene ring substituents is 1. The zero-order valence-corrected chi connectivity index (χ0v) is 19.3. The van der Waals surface area contributed by atoms with Gasteiger partial charge in [-0.3, -0.25) is 24.3 Å². The number of hydrogen-bond acceptors (Lipinski definition) is 6. The van der Waals surface area contributed by atoms with E-state index in [1.54, 1.807) is 48.5 Å². The van der Waals surface area contributed by atoms with Gasteiger partial charge in [-0.25, -0.2) is 0 Å². The molecule has 1 heterocycles. The van der Waals surface area contributed by atoms with Gasteiger partial charge in [0.2, 0.25) is 0 Å². The average Bonchev–Trinajstić information content (AvgIpc) is 3.17. The summed E-state index contributed by atoms with van der Waals surface area (Å²) in [5.41, 5.74) is 1.53. The number of carbonyl (C=O) groups is 1. The minimum absolute atomic E-state index is 0.110. The largest absolute Gasteiger partial charge is 0.321 e. The third-order valence-electron chi connectivity index (χ3n) is 5.16. The van der Waals surface area contributed by atoms with Crippen molar-refractivity contribution in [3.05, 3.63) is 120 Å². The van der Waals surface area contributed by atoms with Crippen molar-refractivity contribution in [2.45, 2.75) is 6.92 Å². The number of hydrogen-bond donors (Lipinski definition) is 1. The fourth-order valence-electron chi connectivity index (χ4n) is 3.43. The summed E-state index contributed by atoms with van der Waals surface area (Å²) in [6, 6.07) is 23.7. The van der Waals surface area contributed by atoms with Crippen molar-refractivity contribution < 1.29 is 9.72 Å². The zero-order chi connectivity index (χ0) is 24.9. The predicted octanol–water partition coefficient (Wildman–Crippen LogP) is 3.26. The van der Waals surface area contributed by atoms with E-state index in [0.717, 1.165) is 16.9 Å². The van der Waals surface area contributed by atoms with E-state index >= 15 is 0 Å². The molecule has 35 heavy (non-hydrogen) atoms. The lowest BCUT2D eigenvalue weighted by Gasteiger charge is -2.08. The van der Waals surface area contributed by atoms with E-state index in [-0.39, 0.29) is 20.5 Å². The lowest BCUT2D eigenvalue weighted by Crippen LogP contribution is -2.32. The second-order valence-corrected chi connectivity index (χ2v) is 8.53. The van der Waals surface area contributed by atoms with Gasteiger partial charge in [-0.15, -0.1) is 11.3 Å². The smallest absolute Gasteiger partial charge is 0.273 e. The molecular weight excluding hydrogens is 464 g/mol. The van der Waals surface area contributed by atoms with Crippen molar-refractivity contribution in [1.29, 1.82) is 5.26 Å². The summed E-state index contributed by atoms with van der Waals surface area (Å²) in [5.74, 6) is -0.644. The van der Waals surface area contributed by atoms with Gasteiger partial charge < -0.3 is 5.32 Å². The molecule has 0 aliphatic rings. The van der Waals surface area contributed by atoms with Gasteiger partial charge in [-0.05, 0) is 42.3 Å². The van der Waals surface area contributed by atoms with Crippen LogP contribution >= 0.6 is 11.3 Å². The molecular formula is C26H18N4O4S. The van der Waals surface area contributed by atoms with Crippen molar-refractivity contribution in [3.63, 3.8) is 0 Å². The van der Waals surface area contributed by atoms with E-state index in [4.69, 9.17) is 0 Å². The minimum atomic E-state index is -0.644. The minimum Gasteiger partial charge on any atom is -0.321 e. The van der Waals surface area contributed by atoms with Gasteiger partial charge in [0.1, 0.15) is 10.7 Å². The summed E-state index contributed by atoms with van der Waals surface area (Å²) in [6.45, 7) is 1.83. The topological polar surface area (TPSA) is 118 Å². The van der Waals surface area contributed by atoms with Crippen molar-refractivity contribution in [3.8, 4) is 11.8 Å². The quantitative estimate of drug-likeness (QED) is 0.346. The Balaban J connectivity index is 1.96. The fourth-order valence-corrected chi connectivity index (χ4v) is 4.54. The first-order valence-corrected chi connectivity index (χ1v) is 11.3. The van der Waals surface area contributed by atoms with Crippen LogP contribution < -0.4 is 20.1 Å². The van der Waals surface area contributed by atoms with E-state index < -0.39 is 16.4 Å². The number of aromatic nitrogens is 1. The maximum absolute atomic E-state index is 13.4. The molecule has 0 spiro atoms. The van der Waals surface area contributed by atoms with Crippen LogP contribution in [-0.2, 0) is 4.79 Å². The Kier molecular flexibility index (Phi) is 6.66. The highest BCUT2D eigenvalue weighted by Crippen LogP contribution is 2.15. The first kappa shape index (κ1) is 23.4. The normalized spacial score (nSPS) is 12.1.